The zero-order valence-corrected chi connectivity index (χ0v) is 18.5. The number of carbonyl (C=O) groups is 3. The van der Waals surface area contributed by atoms with E-state index in [2.05, 4.69) is 4.98 Å². The molecule has 1 N–H and O–H groups in total. The van der Waals surface area contributed by atoms with Gasteiger partial charge in [0.05, 0.1) is 18.4 Å². The maximum atomic E-state index is 13.1. The molecule has 0 spiro atoms. The largest absolute Gasteiger partial charge is 0.465 e. The van der Waals surface area contributed by atoms with E-state index in [0.29, 0.717) is 51.5 Å². The van der Waals surface area contributed by atoms with Crippen LogP contribution in [0.5, 0.6) is 0 Å². The average Bonchev–Trinajstić information content (AvgIpc) is 3.20. The van der Waals surface area contributed by atoms with Gasteiger partial charge in [0.1, 0.15) is 11.9 Å². The molecule has 3 amide bonds. The second-order valence-electron chi connectivity index (χ2n) is 9.15. The van der Waals surface area contributed by atoms with Gasteiger partial charge in [0.25, 0.3) is 0 Å². The van der Waals surface area contributed by atoms with Crippen LogP contribution in [0.3, 0.4) is 0 Å². The van der Waals surface area contributed by atoms with Gasteiger partial charge in [-0.05, 0) is 18.8 Å². The minimum atomic E-state index is -1.07. The summed E-state index contributed by atoms with van der Waals surface area (Å²) in [4.78, 5) is 44.8. The molecule has 3 heterocycles. The zero-order valence-electron chi connectivity index (χ0n) is 18.5. The van der Waals surface area contributed by atoms with E-state index >= 15 is 0 Å². The molecule has 2 aliphatic heterocycles. The quantitative estimate of drug-likeness (QED) is 0.780. The summed E-state index contributed by atoms with van der Waals surface area (Å²) >= 11 is 0. The molecule has 2 aliphatic rings. The number of fused-ring (bicyclic) bond motifs is 1. The Kier molecular flexibility index (Phi) is 6.07. The monoisotopic (exact) mass is 420 g/mol. The number of rotatable bonds is 5. The fourth-order valence-electron chi connectivity index (χ4n) is 4.14. The van der Waals surface area contributed by atoms with Crippen molar-refractivity contribution in [2.75, 3.05) is 32.7 Å². The molecule has 1 fully saturated rings. The van der Waals surface area contributed by atoms with Crippen LogP contribution < -0.4 is 0 Å². The van der Waals surface area contributed by atoms with Crippen LogP contribution in [0, 0.1) is 12.3 Å². The summed E-state index contributed by atoms with van der Waals surface area (Å²) in [6, 6.07) is -0.815. The van der Waals surface area contributed by atoms with Gasteiger partial charge < -0.3 is 10.0 Å². The van der Waals surface area contributed by atoms with E-state index in [0.717, 1.165) is 5.69 Å². The molecule has 1 atom stereocenters. The Hall–Kier alpha value is -2.62. The first-order valence-corrected chi connectivity index (χ1v) is 10.4. The highest BCUT2D eigenvalue weighted by atomic mass is 16.4. The molecule has 1 aromatic heterocycles. The molecule has 1 saturated heterocycles. The number of piperazine rings is 1. The van der Waals surface area contributed by atoms with Crippen LogP contribution in [0.25, 0.3) is 0 Å². The fraction of sp³-hybridized carbons (Fsp3) is 0.700. The third-order valence-corrected chi connectivity index (χ3v) is 5.58. The molecule has 0 aromatic carbocycles. The fourth-order valence-corrected chi connectivity index (χ4v) is 4.14. The van der Waals surface area contributed by atoms with Gasteiger partial charge in [-0.2, -0.15) is 0 Å². The molecule has 1 aromatic rings. The number of amides is 3. The summed E-state index contributed by atoms with van der Waals surface area (Å²) in [6.07, 6.45) is 1.07. The van der Waals surface area contributed by atoms with Crippen molar-refractivity contribution >= 4 is 18.0 Å². The van der Waals surface area contributed by atoms with Crippen molar-refractivity contribution in [3.63, 3.8) is 0 Å². The van der Waals surface area contributed by atoms with Crippen molar-refractivity contribution < 1.29 is 19.5 Å². The number of imidazole rings is 1. The summed E-state index contributed by atoms with van der Waals surface area (Å²) in [5.74, 6) is 0.507. The SMILES string of the molecule is CCC(C(=O)N1CCN(N2Cc3cnc(C)n3C2=O)CC1)N(CC(C)(C)C)C(=O)O. The summed E-state index contributed by atoms with van der Waals surface area (Å²) in [7, 11) is 0. The van der Waals surface area contributed by atoms with Crippen LogP contribution in [0.2, 0.25) is 0 Å². The highest BCUT2D eigenvalue weighted by Crippen LogP contribution is 2.23. The second kappa shape index (κ2) is 8.25. The lowest BCUT2D eigenvalue weighted by atomic mass is 9.95. The zero-order chi connectivity index (χ0) is 22.2. The van der Waals surface area contributed by atoms with E-state index in [4.69, 9.17) is 0 Å². The molecular weight excluding hydrogens is 388 g/mol. The maximum Gasteiger partial charge on any atom is 0.407 e. The normalized spacial score (nSPS) is 18.5. The number of nitrogens with zero attached hydrogens (tertiary/aromatic N) is 6. The Morgan fingerprint density at radius 3 is 2.37 bits per heavy atom. The molecule has 0 saturated carbocycles. The van der Waals surface area contributed by atoms with E-state index < -0.39 is 12.1 Å². The van der Waals surface area contributed by atoms with Crippen LogP contribution in [0.1, 0.15) is 45.6 Å². The molecule has 0 radical (unpaired) electrons. The van der Waals surface area contributed by atoms with Gasteiger partial charge in [-0.25, -0.2) is 24.1 Å². The van der Waals surface area contributed by atoms with E-state index in [1.807, 2.05) is 32.7 Å². The summed E-state index contributed by atoms with van der Waals surface area (Å²) in [5.41, 5.74) is 0.617. The van der Waals surface area contributed by atoms with Crippen molar-refractivity contribution in [2.24, 2.45) is 5.41 Å². The van der Waals surface area contributed by atoms with Crippen LogP contribution in [-0.4, -0.2) is 91.3 Å². The number of aromatic nitrogens is 2. The van der Waals surface area contributed by atoms with Crippen LogP contribution in [0.4, 0.5) is 9.59 Å². The van der Waals surface area contributed by atoms with Gasteiger partial charge in [-0.15, -0.1) is 0 Å². The summed E-state index contributed by atoms with van der Waals surface area (Å²) in [5, 5.41) is 13.3. The maximum absolute atomic E-state index is 13.1. The molecule has 3 rings (SSSR count). The predicted octanol–water partition coefficient (Wildman–Crippen LogP) is 1.84. The van der Waals surface area contributed by atoms with Crippen LogP contribution in [0.15, 0.2) is 6.20 Å². The third kappa shape index (κ3) is 4.28. The Labute approximate surface area is 177 Å². The lowest BCUT2D eigenvalue weighted by molar-refractivity contribution is -0.141. The van der Waals surface area contributed by atoms with E-state index in [9.17, 15) is 19.5 Å². The van der Waals surface area contributed by atoms with Crippen molar-refractivity contribution in [3.05, 3.63) is 17.7 Å². The highest BCUT2D eigenvalue weighted by Gasteiger charge is 2.38. The molecule has 166 valence electrons. The average molecular weight is 421 g/mol. The molecule has 30 heavy (non-hydrogen) atoms. The number of carbonyl (C=O) groups excluding carboxylic acids is 2. The Bertz CT molecular complexity index is 822. The molecule has 0 aliphatic carbocycles. The Morgan fingerprint density at radius 1 is 1.23 bits per heavy atom. The van der Waals surface area contributed by atoms with Gasteiger partial charge in [0.2, 0.25) is 5.91 Å². The van der Waals surface area contributed by atoms with E-state index in [-0.39, 0.29) is 17.4 Å². The number of hydrogen-bond acceptors (Lipinski definition) is 5. The van der Waals surface area contributed by atoms with Gasteiger partial charge in [0, 0.05) is 32.7 Å². The van der Waals surface area contributed by atoms with Gasteiger partial charge in [0.15, 0.2) is 0 Å². The predicted molar refractivity (Wildman–Crippen MR) is 110 cm³/mol. The summed E-state index contributed by atoms with van der Waals surface area (Å²) < 4.78 is 1.61. The molecular formula is C20H32N6O4. The second-order valence-corrected chi connectivity index (χ2v) is 9.15. The number of aryl methyl sites for hydroxylation is 1. The van der Waals surface area contributed by atoms with Gasteiger partial charge in [-0.3, -0.25) is 14.7 Å². The number of hydrogen-bond donors (Lipinski definition) is 1. The first-order chi connectivity index (χ1) is 14.0. The van der Waals surface area contributed by atoms with Gasteiger partial charge in [-0.1, -0.05) is 27.7 Å². The highest BCUT2D eigenvalue weighted by molar-refractivity contribution is 5.85. The number of hydrazine groups is 1. The first kappa shape index (κ1) is 22.1. The van der Waals surface area contributed by atoms with Crippen molar-refractivity contribution in [2.45, 2.75) is 53.6 Å². The molecule has 10 nitrogen and oxygen atoms in total. The lowest BCUT2D eigenvalue weighted by Gasteiger charge is -2.41. The number of carboxylic acid groups (broad SMARTS) is 1. The standard InChI is InChI=1S/C20H32N6O4/c1-6-16(24(19(29)30)13-20(3,4)5)17(27)22-7-9-23(10-8-22)25-12-15-11-21-14(2)26(15)18(25)28/h11,16H,6-10,12-13H2,1-5H3,(H,29,30). The summed E-state index contributed by atoms with van der Waals surface area (Å²) in [6.45, 7) is 12.2. The Balaban J connectivity index is 1.63. The molecule has 1 unspecified atom stereocenters. The van der Waals surface area contributed by atoms with E-state index in [1.165, 1.54) is 4.90 Å². The van der Waals surface area contributed by atoms with Crippen molar-refractivity contribution in [1.29, 1.82) is 0 Å². The van der Waals surface area contributed by atoms with Gasteiger partial charge >= 0.3 is 12.1 Å². The third-order valence-electron chi connectivity index (χ3n) is 5.58. The van der Waals surface area contributed by atoms with Crippen molar-refractivity contribution in [3.8, 4) is 0 Å². The van der Waals surface area contributed by atoms with Crippen LogP contribution in [-0.2, 0) is 11.3 Å². The van der Waals surface area contributed by atoms with Crippen molar-refractivity contribution in [1.82, 2.24) is 29.4 Å². The van der Waals surface area contributed by atoms with E-state index in [1.54, 1.807) is 27.6 Å². The Morgan fingerprint density at radius 2 is 1.87 bits per heavy atom. The van der Waals surface area contributed by atoms with Crippen LogP contribution >= 0.6 is 0 Å². The lowest BCUT2D eigenvalue weighted by Crippen LogP contribution is -2.59. The first-order valence-electron chi connectivity index (χ1n) is 10.4. The molecule has 0 bridgehead atoms. The molecule has 10 heteroatoms. The topological polar surface area (TPSA) is 102 Å². The minimum absolute atomic E-state index is 0.117. The smallest absolute Gasteiger partial charge is 0.407 e. The minimum Gasteiger partial charge on any atom is -0.465 e.